The number of fused-ring (bicyclic) bond motifs is 1. The van der Waals surface area contributed by atoms with Gasteiger partial charge in [0.15, 0.2) is 0 Å². The Balaban J connectivity index is 1.89. The molecule has 0 amide bonds. The van der Waals surface area contributed by atoms with Crippen LogP contribution in [0.1, 0.15) is 0 Å². The van der Waals surface area contributed by atoms with E-state index in [0.717, 1.165) is 16.8 Å². The van der Waals surface area contributed by atoms with Gasteiger partial charge in [0.25, 0.3) is 10.0 Å². The third-order valence-corrected chi connectivity index (χ3v) is 4.93. The zero-order chi connectivity index (χ0) is 17.9. The zero-order valence-electron chi connectivity index (χ0n) is 13.2. The highest BCUT2D eigenvalue weighted by Gasteiger charge is 2.15. The fourth-order valence-corrected chi connectivity index (χ4v) is 3.44. The third-order valence-electron chi connectivity index (χ3n) is 3.55. The molecule has 126 valence electrons. The lowest BCUT2D eigenvalue weighted by atomic mass is 10.1. The molecule has 25 heavy (non-hydrogen) atoms. The second-order valence-electron chi connectivity index (χ2n) is 5.23. The lowest BCUT2D eigenvalue weighted by Gasteiger charge is -2.11. The summed E-state index contributed by atoms with van der Waals surface area (Å²) in [6.07, 6.45) is 1.03. The van der Waals surface area contributed by atoms with E-state index in [4.69, 9.17) is 4.74 Å². The SMILES string of the molecule is C=CC(=O)Oc1ccc(S(=O)(=O)Nc2cccc3ccccc23)cc1. The number of nitrogens with one attached hydrogen (secondary N) is 1. The Hall–Kier alpha value is -3.12. The fourth-order valence-electron chi connectivity index (χ4n) is 2.36. The number of benzene rings is 3. The van der Waals surface area contributed by atoms with Crippen molar-refractivity contribution in [3.05, 3.63) is 79.4 Å². The van der Waals surface area contributed by atoms with E-state index < -0.39 is 16.0 Å². The van der Waals surface area contributed by atoms with Crippen LogP contribution in [0.2, 0.25) is 0 Å². The van der Waals surface area contributed by atoms with Crippen molar-refractivity contribution in [1.82, 2.24) is 0 Å². The number of ether oxygens (including phenoxy) is 1. The number of sulfonamides is 1. The fraction of sp³-hybridized carbons (Fsp3) is 0. The summed E-state index contributed by atoms with van der Waals surface area (Å²) in [6, 6.07) is 18.5. The van der Waals surface area contributed by atoms with Crippen LogP contribution in [0.5, 0.6) is 5.75 Å². The zero-order valence-corrected chi connectivity index (χ0v) is 14.0. The maximum Gasteiger partial charge on any atom is 0.335 e. The third kappa shape index (κ3) is 3.70. The normalized spacial score (nSPS) is 11.0. The van der Waals surface area contributed by atoms with Crippen LogP contribution < -0.4 is 9.46 Å². The Morgan fingerprint density at radius 2 is 1.64 bits per heavy atom. The minimum absolute atomic E-state index is 0.0684. The highest BCUT2D eigenvalue weighted by Crippen LogP contribution is 2.26. The van der Waals surface area contributed by atoms with Gasteiger partial charge in [-0.3, -0.25) is 4.72 Å². The quantitative estimate of drug-likeness (QED) is 0.431. The molecule has 0 aliphatic carbocycles. The monoisotopic (exact) mass is 353 g/mol. The van der Waals surface area contributed by atoms with Crippen molar-refractivity contribution in [2.75, 3.05) is 4.72 Å². The van der Waals surface area contributed by atoms with Crippen molar-refractivity contribution in [2.24, 2.45) is 0 Å². The second-order valence-corrected chi connectivity index (χ2v) is 6.91. The van der Waals surface area contributed by atoms with E-state index in [1.54, 1.807) is 12.1 Å². The van der Waals surface area contributed by atoms with Crippen molar-refractivity contribution in [1.29, 1.82) is 0 Å². The van der Waals surface area contributed by atoms with Crippen LogP contribution in [0.25, 0.3) is 10.8 Å². The van der Waals surface area contributed by atoms with Crippen molar-refractivity contribution in [3.63, 3.8) is 0 Å². The molecule has 0 fully saturated rings. The Bertz CT molecular complexity index is 1040. The molecule has 0 spiro atoms. The van der Waals surface area contributed by atoms with Gasteiger partial charge in [-0.15, -0.1) is 0 Å². The van der Waals surface area contributed by atoms with Crippen LogP contribution in [0.15, 0.2) is 84.3 Å². The minimum Gasteiger partial charge on any atom is -0.423 e. The molecule has 0 unspecified atom stereocenters. The molecule has 5 nitrogen and oxygen atoms in total. The van der Waals surface area contributed by atoms with Gasteiger partial charge in [0.1, 0.15) is 5.75 Å². The van der Waals surface area contributed by atoms with Crippen LogP contribution in [0.3, 0.4) is 0 Å². The Kier molecular flexibility index (Phi) is 4.54. The first kappa shape index (κ1) is 16.7. The predicted octanol–water partition coefficient (Wildman–Crippen LogP) is 3.73. The number of carbonyl (C=O) groups excluding carboxylic acids is 1. The van der Waals surface area contributed by atoms with Crippen molar-refractivity contribution < 1.29 is 17.9 Å². The maximum atomic E-state index is 12.6. The van der Waals surface area contributed by atoms with E-state index in [-0.39, 0.29) is 10.6 Å². The lowest BCUT2D eigenvalue weighted by Crippen LogP contribution is -2.13. The predicted molar refractivity (Wildman–Crippen MR) is 97.0 cm³/mol. The summed E-state index contributed by atoms with van der Waals surface area (Å²) in [5, 5.41) is 1.75. The standard InChI is InChI=1S/C19H15NO4S/c1-2-19(21)24-15-10-12-16(13-11-15)25(22,23)20-18-9-5-7-14-6-3-4-8-17(14)18/h2-13,20H,1H2. The van der Waals surface area contributed by atoms with Crippen molar-refractivity contribution >= 4 is 32.5 Å². The number of hydrogen-bond donors (Lipinski definition) is 1. The molecule has 0 radical (unpaired) electrons. The largest absolute Gasteiger partial charge is 0.423 e. The molecule has 0 heterocycles. The topological polar surface area (TPSA) is 72.5 Å². The molecule has 0 aliphatic rings. The summed E-state index contributed by atoms with van der Waals surface area (Å²) in [6.45, 7) is 3.30. The minimum atomic E-state index is -3.77. The molecule has 0 atom stereocenters. The van der Waals surface area contributed by atoms with E-state index in [9.17, 15) is 13.2 Å². The van der Waals surface area contributed by atoms with Gasteiger partial charge < -0.3 is 4.74 Å². The smallest absolute Gasteiger partial charge is 0.335 e. The lowest BCUT2D eigenvalue weighted by molar-refractivity contribution is -0.128. The van der Waals surface area contributed by atoms with Gasteiger partial charge in [-0.1, -0.05) is 43.0 Å². The Morgan fingerprint density at radius 3 is 2.36 bits per heavy atom. The van der Waals surface area contributed by atoms with Crippen LogP contribution in [-0.2, 0) is 14.8 Å². The van der Waals surface area contributed by atoms with Crippen LogP contribution >= 0.6 is 0 Å². The molecule has 6 heteroatoms. The van der Waals surface area contributed by atoms with E-state index >= 15 is 0 Å². The Morgan fingerprint density at radius 1 is 0.960 bits per heavy atom. The van der Waals surface area contributed by atoms with Crippen LogP contribution in [-0.4, -0.2) is 14.4 Å². The molecule has 0 aliphatic heterocycles. The van der Waals surface area contributed by atoms with Crippen LogP contribution in [0, 0.1) is 0 Å². The maximum absolute atomic E-state index is 12.6. The summed E-state index contributed by atoms with van der Waals surface area (Å²) in [4.78, 5) is 11.2. The highest BCUT2D eigenvalue weighted by molar-refractivity contribution is 7.92. The van der Waals surface area contributed by atoms with Gasteiger partial charge in [-0.2, -0.15) is 0 Å². The molecule has 1 N–H and O–H groups in total. The van der Waals surface area contributed by atoms with E-state index in [2.05, 4.69) is 11.3 Å². The number of hydrogen-bond acceptors (Lipinski definition) is 4. The second kappa shape index (κ2) is 6.78. The molecular formula is C19H15NO4S. The van der Waals surface area contributed by atoms with Gasteiger partial charge >= 0.3 is 5.97 Å². The van der Waals surface area contributed by atoms with E-state index in [0.29, 0.717) is 5.69 Å². The molecule has 3 aromatic carbocycles. The summed E-state index contributed by atoms with van der Waals surface area (Å²) in [5.74, 6) is -0.363. The van der Waals surface area contributed by atoms with Crippen molar-refractivity contribution in [3.8, 4) is 5.75 Å². The molecule has 3 rings (SSSR count). The van der Waals surface area contributed by atoms with Gasteiger partial charge in [0.2, 0.25) is 0 Å². The molecule has 0 aromatic heterocycles. The molecule has 0 bridgehead atoms. The first-order chi connectivity index (χ1) is 12.0. The number of carbonyl (C=O) groups is 1. The number of rotatable bonds is 5. The van der Waals surface area contributed by atoms with E-state index in [1.165, 1.54) is 24.3 Å². The summed E-state index contributed by atoms with van der Waals surface area (Å²) in [7, 11) is -3.77. The van der Waals surface area contributed by atoms with Crippen molar-refractivity contribution in [2.45, 2.75) is 4.90 Å². The molecule has 0 saturated carbocycles. The highest BCUT2D eigenvalue weighted by atomic mass is 32.2. The molecule has 0 saturated heterocycles. The number of anilines is 1. The first-order valence-electron chi connectivity index (χ1n) is 7.44. The Labute approximate surface area is 145 Å². The summed E-state index contributed by atoms with van der Waals surface area (Å²) >= 11 is 0. The van der Waals surface area contributed by atoms with E-state index in [1.807, 2.05) is 30.3 Å². The van der Waals surface area contributed by atoms with Gasteiger partial charge in [0, 0.05) is 11.5 Å². The van der Waals surface area contributed by atoms with Gasteiger partial charge in [0.05, 0.1) is 10.6 Å². The van der Waals surface area contributed by atoms with Gasteiger partial charge in [-0.25, -0.2) is 13.2 Å². The van der Waals surface area contributed by atoms with Gasteiger partial charge in [-0.05, 0) is 35.7 Å². The first-order valence-corrected chi connectivity index (χ1v) is 8.93. The number of esters is 1. The molecule has 3 aromatic rings. The summed E-state index contributed by atoms with van der Waals surface area (Å²) in [5.41, 5.74) is 0.500. The average Bonchev–Trinajstić information content (AvgIpc) is 2.62. The average molecular weight is 353 g/mol. The van der Waals surface area contributed by atoms with Crippen LogP contribution in [0.4, 0.5) is 5.69 Å². The summed E-state index contributed by atoms with van der Waals surface area (Å²) < 4.78 is 32.7. The molecular weight excluding hydrogens is 338 g/mol.